The maximum Gasteiger partial charge on any atom is 0.251 e. The van der Waals surface area contributed by atoms with Crippen molar-refractivity contribution >= 4 is 22.6 Å². The molecule has 0 fully saturated rings. The summed E-state index contributed by atoms with van der Waals surface area (Å²) in [4.78, 5) is 21.9. The largest absolute Gasteiger partial charge is 0.396 e. The molecule has 34 heavy (non-hydrogen) atoms. The Labute approximate surface area is 200 Å². The molecule has 4 aromatic heterocycles. The second-order valence-corrected chi connectivity index (χ2v) is 8.56. The number of benzene rings is 1. The fourth-order valence-electron chi connectivity index (χ4n) is 4.20. The monoisotopic (exact) mass is 471 g/mol. The number of H-pyrrole nitrogens is 1. The normalized spacial score (nSPS) is 12.2. The van der Waals surface area contributed by atoms with Crippen LogP contribution in [0.25, 0.3) is 33.4 Å². The van der Waals surface area contributed by atoms with Gasteiger partial charge in [-0.2, -0.15) is 5.10 Å². The Hall–Kier alpha value is -3.81. The molecule has 1 atom stereocenters. The minimum absolute atomic E-state index is 0.0519. The molecule has 2 N–H and O–H groups in total. The standard InChI is InChI=1S/C26H22ClN5O2/c1-16-11-19(5-8-28-16)25-22-13-20(15-29-26(22)31-30-25)17-6-9-32(24(34)14-17)23(7-10-33)18-3-2-4-21(27)12-18/h2-6,8-9,11-15,23,33H,7,10H2,1H3,(H,29,30,31)/t23-/m1/s1. The lowest BCUT2D eigenvalue weighted by molar-refractivity contribution is 0.267. The van der Waals surface area contributed by atoms with Gasteiger partial charge in [0.15, 0.2) is 5.65 Å². The maximum atomic E-state index is 13.1. The number of aryl methyl sites for hydroxylation is 1. The van der Waals surface area contributed by atoms with Crippen LogP contribution in [0, 0.1) is 6.92 Å². The van der Waals surface area contributed by atoms with Crippen molar-refractivity contribution in [2.75, 3.05) is 6.61 Å². The van der Waals surface area contributed by atoms with Crippen molar-refractivity contribution in [1.29, 1.82) is 0 Å². The average molecular weight is 472 g/mol. The van der Waals surface area contributed by atoms with Gasteiger partial charge in [0, 0.05) is 58.5 Å². The SMILES string of the molecule is Cc1cc(-c2n[nH]c3ncc(-c4ccn([C@H](CCO)c5cccc(Cl)c5)c(=O)c4)cc23)ccn1. The number of hydrogen-bond acceptors (Lipinski definition) is 5. The highest BCUT2D eigenvalue weighted by Gasteiger charge is 2.16. The summed E-state index contributed by atoms with van der Waals surface area (Å²) in [6, 6.07) is 16.4. The second-order valence-electron chi connectivity index (χ2n) is 8.12. The highest BCUT2D eigenvalue weighted by atomic mass is 35.5. The molecule has 170 valence electrons. The summed E-state index contributed by atoms with van der Waals surface area (Å²) >= 11 is 6.16. The Kier molecular flexibility index (Phi) is 5.96. The van der Waals surface area contributed by atoms with Gasteiger partial charge in [-0.25, -0.2) is 4.98 Å². The summed E-state index contributed by atoms with van der Waals surface area (Å²) in [5, 5.41) is 18.5. The molecule has 8 heteroatoms. The Balaban J connectivity index is 1.55. The number of aliphatic hydroxyl groups is 1. The molecule has 1 aromatic carbocycles. The molecule has 0 aliphatic rings. The van der Waals surface area contributed by atoms with Crippen molar-refractivity contribution in [3.8, 4) is 22.4 Å². The van der Waals surface area contributed by atoms with Crippen molar-refractivity contribution in [2.24, 2.45) is 0 Å². The molecule has 5 rings (SSSR count). The summed E-state index contributed by atoms with van der Waals surface area (Å²) < 4.78 is 1.63. The van der Waals surface area contributed by atoms with Gasteiger partial charge in [0.05, 0.1) is 6.04 Å². The zero-order valence-corrected chi connectivity index (χ0v) is 19.2. The quantitative estimate of drug-likeness (QED) is 0.371. The number of halogens is 1. The Morgan fingerprint density at radius 1 is 1.06 bits per heavy atom. The van der Waals surface area contributed by atoms with Crippen LogP contribution in [0.3, 0.4) is 0 Å². The third-order valence-corrected chi connectivity index (χ3v) is 6.07. The summed E-state index contributed by atoms with van der Waals surface area (Å²) in [5.74, 6) is 0. The summed E-state index contributed by atoms with van der Waals surface area (Å²) in [5.41, 5.74) is 5.57. The Morgan fingerprint density at radius 2 is 1.94 bits per heavy atom. The molecular weight excluding hydrogens is 450 g/mol. The molecule has 5 aromatic rings. The van der Waals surface area contributed by atoms with Gasteiger partial charge in [-0.15, -0.1) is 0 Å². The maximum absolute atomic E-state index is 13.1. The zero-order valence-electron chi connectivity index (χ0n) is 18.4. The van der Waals surface area contributed by atoms with E-state index in [1.165, 1.54) is 0 Å². The van der Waals surface area contributed by atoms with Crippen LogP contribution in [0.5, 0.6) is 0 Å². The van der Waals surface area contributed by atoms with E-state index in [1.54, 1.807) is 35.3 Å². The minimum atomic E-state index is -0.318. The van der Waals surface area contributed by atoms with Crippen molar-refractivity contribution in [2.45, 2.75) is 19.4 Å². The molecular formula is C26H22ClN5O2. The highest BCUT2D eigenvalue weighted by molar-refractivity contribution is 6.30. The van der Waals surface area contributed by atoms with E-state index in [2.05, 4.69) is 20.2 Å². The number of hydrogen-bond donors (Lipinski definition) is 2. The smallest absolute Gasteiger partial charge is 0.251 e. The van der Waals surface area contributed by atoms with Gasteiger partial charge in [0.25, 0.3) is 5.56 Å². The molecule has 0 spiro atoms. The number of fused-ring (bicyclic) bond motifs is 1. The lowest BCUT2D eigenvalue weighted by Gasteiger charge is -2.20. The first kappa shape index (κ1) is 22.0. The topological polar surface area (TPSA) is 96.7 Å². The number of aromatic nitrogens is 5. The first-order valence-corrected chi connectivity index (χ1v) is 11.3. The molecule has 7 nitrogen and oxygen atoms in total. The third kappa shape index (κ3) is 4.23. The number of aliphatic hydroxyl groups excluding tert-OH is 1. The van der Waals surface area contributed by atoms with E-state index in [0.717, 1.165) is 39.0 Å². The highest BCUT2D eigenvalue weighted by Crippen LogP contribution is 2.29. The summed E-state index contributed by atoms with van der Waals surface area (Å²) in [6.45, 7) is 1.88. The minimum Gasteiger partial charge on any atom is -0.396 e. The first-order valence-electron chi connectivity index (χ1n) is 10.9. The van der Waals surface area contributed by atoms with Crippen LogP contribution in [0.2, 0.25) is 5.02 Å². The lowest BCUT2D eigenvalue weighted by Crippen LogP contribution is -2.25. The van der Waals surface area contributed by atoms with Crippen LogP contribution in [0.1, 0.15) is 23.7 Å². The zero-order chi connectivity index (χ0) is 23.7. The van der Waals surface area contributed by atoms with Gasteiger partial charge < -0.3 is 9.67 Å². The van der Waals surface area contributed by atoms with E-state index in [4.69, 9.17) is 11.6 Å². The number of rotatable bonds is 6. The molecule has 0 unspecified atom stereocenters. The van der Waals surface area contributed by atoms with Crippen LogP contribution in [0.15, 0.2) is 78.0 Å². The van der Waals surface area contributed by atoms with E-state index in [-0.39, 0.29) is 18.2 Å². The average Bonchev–Trinajstić information content (AvgIpc) is 3.26. The molecule has 0 bridgehead atoms. The second kappa shape index (κ2) is 9.21. The molecule has 0 aliphatic heterocycles. The van der Waals surface area contributed by atoms with Gasteiger partial charge in [-0.3, -0.25) is 14.9 Å². The van der Waals surface area contributed by atoms with Crippen LogP contribution in [0.4, 0.5) is 0 Å². The molecule has 0 saturated heterocycles. The predicted molar refractivity (Wildman–Crippen MR) is 133 cm³/mol. The fraction of sp³-hybridized carbons (Fsp3) is 0.154. The number of nitrogens with one attached hydrogen (secondary N) is 1. The lowest BCUT2D eigenvalue weighted by atomic mass is 10.0. The van der Waals surface area contributed by atoms with Crippen LogP contribution >= 0.6 is 11.6 Å². The van der Waals surface area contributed by atoms with Gasteiger partial charge in [0.2, 0.25) is 0 Å². The molecule has 0 amide bonds. The summed E-state index contributed by atoms with van der Waals surface area (Å²) in [6.07, 6.45) is 5.64. The van der Waals surface area contributed by atoms with Gasteiger partial charge in [-0.05, 0) is 60.9 Å². The fourth-order valence-corrected chi connectivity index (χ4v) is 4.40. The Bertz CT molecular complexity index is 1540. The van der Waals surface area contributed by atoms with Crippen molar-refractivity contribution < 1.29 is 5.11 Å². The first-order chi connectivity index (χ1) is 16.5. The van der Waals surface area contributed by atoms with Crippen molar-refractivity contribution in [3.05, 3.63) is 99.8 Å². The van der Waals surface area contributed by atoms with Gasteiger partial charge >= 0.3 is 0 Å². The van der Waals surface area contributed by atoms with E-state index >= 15 is 0 Å². The molecule has 0 aliphatic carbocycles. The molecule has 0 saturated carbocycles. The van der Waals surface area contributed by atoms with Gasteiger partial charge in [0.1, 0.15) is 5.69 Å². The van der Waals surface area contributed by atoms with Crippen LogP contribution in [-0.2, 0) is 0 Å². The summed E-state index contributed by atoms with van der Waals surface area (Å²) in [7, 11) is 0. The van der Waals surface area contributed by atoms with E-state index in [9.17, 15) is 9.90 Å². The van der Waals surface area contributed by atoms with Crippen LogP contribution in [-0.4, -0.2) is 36.4 Å². The van der Waals surface area contributed by atoms with Crippen LogP contribution < -0.4 is 5.56 Å². The molecule has 4 heterocycles. The third-order valence-electron chi connectivity index (χ3n) is 5.84. The van der Waals surface area contributed by atoms with Gasteiger partial charge in [-0.1, -0.05) is 23.7 Å². The Morgan fingerprint density at radius 3 is 2.71 bits per heavy atom. The van der Waals surface area contributed by atoms with Crippen molar-refractivity contribution in [1.82, 2.24) is 24.7 Å². The van der Waals surface area contributed by atoms with Crippen molar-refractivity contribution in [3.63, 3.8) is 0 Å². The number of nitrogens with zero attached hydrogens (tertiary/aromatic N) is 4. The number of aromatic amines is 1. The van der Waals surface area contributed by atoms with E-state index < -0.39 is 0 Å². The predicted octanol–water partition coefficient (Wildman–Crippen LogP) is 4.78. The van der Waals surface area contributed by atoms with E-state index in [1.807, 2.05) is 49.4 Å². The van der Waals surface area contributed by atoms with E-state index in [0.29, 0.717) is 17.1 Å². The molecule has 0 radical (unpaired) electrons. The number of pyridine rings is 3.